The maximum Gasteiger partial charge on any atom is 0.410 e. The molecule has 2 heterocycles. The van der Waals surface area contributed by atoms with Crippen molar-refractivity contribution in [1.82, 2.24) is 9.47 Å². The number of pyridine rings is 1. The summed E-state index contributed by atoms with van der Waals surface area (Å²) >= 11 is 0. The topological polar surface area (TPSA) is 77.8 Å². The minimum absolute atomic E-state index is 0.0770. The Labute approximate surface area is 204 Å². The van der Waals surface area contributed by atoms with E-state index in [4.69, 9.17) is 9.47 Å². The molecule has 0 N–H and O–H groups in total. The third kappa shape index (κ3) is 6.38. The lowest BCUT2D eigenvalue weighted by Gasteiger charge is -2.31. The van der Waals surface area contributed by atoms with Gasteiger partial charge in [0, 0.05) is 30.9 Å². The summed E-state index contributed by atoms with van der Waals surface area (Å²) in [5, 5.41) is 0. The first-order valence-electron chi connectivity index (χ1n) is 11.7. The van der Waals surface area contributed by atoms with Crippen molar-refractivity contribution in [2.24, 2.45) is 0 Å². The number of rotatable bonds is 6. The molecule has 0 bridgehead atoms. The van der Waals surface area contributed by atoms with Crippen molar-refractivity contribution in [2.45, 2.75) is 52.5 Å². The largest absolute Gasteiger partial charge is 0.489 e. The van der Waals surface area contributed by atoms with Gasteiger partial charge in [-0.1, -0.05) is 42.5 Å². The minimum atomic E-state index is -0.565. The standard InChI is InChI=1S/C28H30N2O5/c1-28(2,3)35-27(33)30-13-11-21-9-10-22(15-23(21)17-30)25(31)18-29-14-12-24(16-26(29)32)34-19-20-7-5-4-6-8-20/h4-10,12,14-16H,11,13,17-19H2,1-3H3. The summed E-state index contributed by atoms with van der Waals surface area (Å²) in [6.45, 7) is 6.75. The van der Waals surface area contributed by atoms with E-state index in [0.29, 0.717) is 37.4 Å². The highest BCUT2D eigenvalue weighted by Gasteiger charge is 2.26. The van der Waals surface area contributed by atoms with E-state index < -0.39 is 5.60 Å². The number of nitrogens with zero attached hydrogens (tertiary/aromatic N) is 2. The molecule has 1 aliphatic heterocycles. The molecule has 1 aliphatic rings. The normalized spacial score (nSPS) is 13.2. The Balaban J connectivity index is 1.41. The molecule has 0 spiro atoms. The van der Waals surface area contributed by atoms with Crippen LogP contribution in [-0.4, -0.2) is 33.5 Å². The quantitative estimate of drug-likeness (QED) is 0.488. The summed E-state index contributed by atoms with van der Waals surface area (Å²) in [4.78, 5) is 39.6. The lowest BCUT2D eigenvalue weighted by atomic mass is 9.96. The van der Waals surface area contributed by atoms with Crippen molar-refractivity contribution in [3.8, 4) is 5.75 Å². The summed E-state index contributed by atoms with van der Waals surface area (Å²) in [6.07, 6.45) is 1.91. The number of fused-ring (bicyclic) bond motifs is 1. The van der Waals surface area contributed by atoms with Gasteiger partial charge in [0.05, 0.1) is 6.54 Å². The number of carbonyl (C=O) groups excluding carboxylic acids is 2. The van der Waals surface area contributed by atoms with E-state index in [-0.39, 0.29) is 24.0 Å². The third-order valence-electron chi connectivity index (χ3n) is 5.72. The van der Waals surface area contributed by atoms with Gasteiger partial charge in [-0.15, -0.1) is 0 Å². The fourth-order valence-corrected chi connectivity index (χ4v) is 3.91. The van der Waals surface area contributed by atoms with E-state index in [1.165, 1.54) is 10.6 Å². The van der Waals surface area contributed by atoms with E-state index in [0.717, 1.165) is 16.7 Å². The average Bonchev–Trinajstić information content (AvgIpc) is 2.83. The number of Topliss-reactive ketones (excluding diaryl/α,β-unsaturated/α-hetero) is 1. The highest BCUT2D eigenvalue weighted by atomic mass is 16.6. The molecule has 182 valence electrons. The molecule has 35 heavy (non-hydrogen) atoms. The first-order chi connectivity index (χ1) is 16.7. The average molecular weight is 475 g/mol. The number of ether oxygens (including phenoxy) is 2. The van der Waals surface area contributed by atoms with Crippen molar-refractivity contribution >= 4 is 11.9 Å². The highest BCUT2D eigenvalue weighted by Crippen LogP contribution is 2.23. The van der Waals surface area contributed by atoms with Gasteiger partial charge in [0.15, 0.2) is 5.78 Å². The number of aromatic nitrogens is 1. The van der Waals surface area contributed by atoms with Crippen molar-refractivity contribution in [3.63, 3.8) is 0 Å². The number of ketones is 1. The first kappa shape index (κ1) is 24.3. The van der Waals surface area contributed by atoms with Crippen molar-refractivity contribution in [1.29, 1.82) is 0 Å². The summed E-state index contributed by atoms with van der Waals surface area (Å²) in [7, 11) is 0. The van der Waals surface area contributed by atoms with Gasteiger partial charge in [-0.3, -0.25) is 9.59 Å². The van der Waals surface area contributed by atoms with Crippen LogP contribution in [0.4, 0.5) is 4.79 Å². The molecule has 0 fully saturated rings. The number of hydrogen-bond acceptors (Lipinski definition) is 5. The molecule has 1 amide bonds. The van der Waals surface area contributed by atoms with E-state index in [1.54, 1.807) is 23.2 Å². The van der Waals surface area contributed by atoms with Crippen LogP contribution in [0.15, 0.2) is 71.7 Å². The van der Waals surface area contributed by atoms with Crippen molar-refractivity contribution in [3.05, 3.63) is 99.5 Å². The van der Waals surface area contributed by atoms with Crippen LogP contribution in [0.3, 0.4) is 0 Å². The Bertz CT molecular complexity index is 1270. The molecule has 0 saturated carbocycles. The maximum absolute atomic E-state index is 13.0. The van der Waals surface area contributed by atoms with Gasteiger partial charge in [-0.05, 0) is 56.0 Å². The second kappa shape index (κ2) is 10.2. The Morgan fingerprint density at radius 3 is 2.46 bits per heavy atom. The van der Waals surface area contributed by atoms with Crippen LogP contribution in [0.1, 0.15) is 47.8 Å². The van der Waals surface area contributed by atoms with Gasteiger partial charge in [-0.25, -0.2) is 4.79 Å². The summed E-state index contributed by atoms with van der Waals surface area (Å²) in [6, 6.07) is 18.3. The molecular formula is C28H30N2O5. The molecule has 0 unspecified atom stereocenters. The van der Waals surface area contributed by atoms with E-state index in [2.05, 4.69) is 0 Å². The van der Waals surface area contributed by atoms with E-state index >= 15 is 0 Å². The fraction of sp³-hybridized carbons (Fsp3) is 0.321. The molecule has 1 aromatic heterocycles. The fourth-order valence-electron chi connectivity index (χ4n) is 3.91. The molecule has 0 radical (unpaired) electrons. The van der Waals surface area contributed by atoms with Gasteiger partial charge in [0.2, 0.25) is 0 Å². The summed E-state index contributed by atoms with van der Waals surface area (Å²) in [5.41, 5.74) is 2.67. The zero-order valence-corrected chi connectivity index (χ0v) is 20.3. The summed E-state index contributed by atoms with van der Waals surface area (Å²) < 4.78 is 12.5. The Morgan fingerprint density at radius 1 is 0.971 bits per heavy atom. The number of amides is 1. The van der Waals surface area contributed by atoms with Gasteiger partial charge < -0.3 is 18.9 Å². The molecule has 4 rings (SSSR count). The molecule has 7 nitrogen and oxygen atoms in total. The van der Waals surface area contributed by atoms with Crippen molar-refractivity contribution < 1.29 is 19.1 Å². The van der Waals surface area contributed by atoms with Crippen LogP contribution in [0, 0.1) is 0 Å². The molecule has 3 aromatic rings. The van der Waals surface area contributed by atoms with Gasteiger partial charge >= 0.3 is 6.09 Å². The zero-order chi connectivity index (χ0) is 25.0. The Kier molecular flexibility index (Phi) is 7.05. The highest BCUT2D eigenvalue weighted by molar-refractivity contribution is 5.96. The smallest absolute Gasteiger partial charge is 0.410 e. The molecule has 2 aromatic carbocycles. The van der Waals surface area contributed by atoms with Gasteiger partial charge in [-0.2, -0.15) is 0 Å². The van der Waals surface area contributed by atoms with E-state index in [1.807, 2.05) is 63.2 Å². The second-order valence-electron chi connectivity index (χ2n) is 9.66. The zero-order valence-electron chi connectivity index (χ0n) is 20.3. The minimum Gasteiger partial charge on any atom is -0.489 e. The number of carbonyl (C=O) groups is 2. The lowest BCUT2D eigenvalue weighted by molar-refractivity contribution is 0.0224. The maximum atomic E-state index is 13.0. The molecular weight excluding hydrogens is 444 g/mol. The molecule has 0 saturated heterocycles. The monoisotopic (exact) mass is 474 g/mol. The predicted molar refractivity (Wildman–Crippen MR) is 133 cm³/mol. The Morgan fingerprint density at radius 2 is 1.74 bits per heavy atom. The predicted octanol–water partition coefficient (Wildman–Crippen LogP) is 4.60. The molecule has 0 atom stereocenters. The van der Waals surface area contributed by atoms with Crippen LogP contribution < -0.4 is 10.3 Å². The second-order valence-corrected chi connectivity index (χ2v) is 9.66. The number of hydrogen-bond donors (Lipinski definition) is 0. The SMILES string of the molecule is CC(C)(C)OC(=O)N1CCc2ccc(C(=O)Cn3ccc(OCc4ccccc4)cc3=O)cc2C1. The number of benzene rings is 2. The van der Waals surface area contributed by atoms with Crippen LogP contribution in [0.5, 0.6) is 5.75 Å². The van der Waals surface area contributed by atoms with Crippen molar-refractivity contribution in [2.75, 3.05) is 6.54 Å². The third-order valence-corrected chi connectivity index (χ3v) is 5.72. The molecule has 7 heteroatoms. The lowest BCUT2D eigenvalue weighted by Crippen LogP contribution is -2.40. The van der Waals surface area contributed by atoms with Crippen LogP contribution in [-0.2, 0) is 30.9 Å². The van der Waals surface area contributed by atoms with Gasteiger partial charge in [0.25, 0.3) is 5.56 Å². The molecule has 0 aliphatic carbocycles. The van der Waals surface area contributed by atoms with Crippen LogP contribution >= 0.6 is 0 Å². The van der Waals surface area contributed by atoms with Crippen LogP contribution in [0.25, 0.3) is 0 Å². The van der Waals surface area contributed by atoms with Crippen LogP contribution in [0.2, 0.25) is 0 Å². The van der Waals surface area contributed by atoms with Gasteiger partial charge in [0.1, 0.15) is 18.0 Å². The van der Waals surface area contributed by atoms with E-state index in [9.17, 15) is 14.4 Å². The Hall–Kier alpha value is -3.87. The summed E-state index contributed by atoms with van der Waals surface area (Å²) in [5.74, 6) is 0.279. The first-order valence-corrected chi connectivity index (χ1v) is 11.7.